The van der Waals surface area contributed by atoms with E-state index in [1.807, 2.05) is 19.1 Å². The first kappa shape index (κ1) is 17.0. The van der Waals surface area contributed by atoms with Crippen LogP contribution in [0.4, 0.5) is 0 Å². The molecule has 0 saturated heterocycles. The highest BCUT2D eigenvalue weighted by atomic mass is 16.5. The average Bonchev–Trinajstić information content (AvgIpc) is 2.49. The van der Waals surface area contributed by atoms with Crippen LogP contribution < -0.4 is 10.1 Å². The number of hydrogen-bond donors (Lipinski definition) is 2. The van der Waals surface area contributed by atoms with E-state index < -0.39 is 0 Å². The van der Waals surface area contributed by atoms with E-state index in [4.69, 9.17) is 4.74 Å². The standard InChI is InChI=1S/C17H29NO2/c1-3-5-6-13-20-17-9-7-15(8-10-17)14-18-12-11-16(19)4-2/h7-10,16,18-19H,3-6,11-14H2,1-2H3. The summed E-state index contributed by atoms with van der Waals surface area (Å²) in [7, 11) is 0. The number of hydrogen-bond acceptors (Lipinski definition) is 3. The predicted molar refractivity (Wildman–Crippen MR) is 84.1 cm³/mol. The number of aliphatic hydroxyl groups excluding tert-OH is 1. The highest BCUT2D eigenvalue weighted by Crippen LogP contribution is 2.12. The Morgan fingerprint density at radius 1 is 1.15 bits per heavy atom. The van der Waals surface area contributed by atoms with Crippen molar-refractivity contribution in [2.75, 3.05) is 13.2 Å². The van der Waals surface area contributed by atoms with E-state index in [1.54, 1.807) is 0 Å². The minimum absolute atomic E-state index is 0.179. The van der Waals surface area contributed by atoms with Gasteiger partial charge in [-0.3, -0.25) is 0 Å². The van der Waals surface area contributed by atoms with Crippen molar-refractivity contribution in [1.29, 1.82) is 0 Å². The molecule has 0 saturated carbocycles. The van der Waals surface area contributed by atoms with Crippen LogP contribution in [0, 0.1) is 0 Å². The Hall–Kier alpha value is -1.06. The fourth-order valence-electron chi connectivity index (χ4n) is 1.95. The van der Waals surface area contributed by atoms with Gasteiger partial charge in [0.05, 0.1) is 12.7 Å². The number of ether oxygens (including phenoxy) is 1. The van der Waals surface area contributed by atoms with Crippen LogP contribution in [0.1, 0.15) is 51.5 Å². The van der Waals surface area contributed by atoms with E-state index in [9.17, 15) is 5.11 Å². The van der Waals surface area contributed by atoms with Gasteiger partial charge < -0.3 is 15.2 Å². The maximum atomic E-state index is 9.46. The lowest BCUT2D eigenvalue weighted by atomic mass is 10.2. The Kier molecular flexibility index (Phi) is 9.09. The number of benzene rings is 1. The van der Waals surface area contributed by atoms with Gasteiger partial charge in [0.15, 0.2) is 0 Å². The van der Waals surface area contributed by atoms with Gasteiger partial charge in [0.1, 0.15) is 5.75 Å². The third-order valence-corrected chi connectivity index (χ3v) is 3.39. The van der Waals surface area contributed by atoms with Crippen LogP contribution in [-0.2, 0) is 6.54 Å². The molecule has 1 atom stereocenters. The second kappa shape index (κ2) is 10.7. The minimum atomic E-state index is -0.179. The van der Waals surface area contributed by atoms with Crippen molar-refractivity contribution in [3.8, 4) is 5.75 Å². The highest BCUT2D eigenvalue weighted by molar-refractivity contribution is 5.27. The molecule has 3 nitrogen and oxygen atoms in total. The predicted octanol–water partition coefficient (Wildman–Crippen LogP) is 3.51. The van der Waals surface area contributed by atoms with Crippen molar-refractivity contribution in [1.82, 2.24) is 5.32 Å². The molecule has 1 unspecified atom stereocenters. The molecule has 0 fully saturated rings. The Bertz CT molecular complexity index is 337. The second-order valence-electron chi connectivity index (χ2n) is 5.23. The number of nitrogens with one attached hydrogen (secondary N) is 1. The van der Waals surface area contributed by atoms with Gasteiger partial charge in [0.2, 0.25) is 0 Å². The van der Waals surface area contributed by atoms with Crippen molar-refractivity contribution in [2.24, 2.45) is 0 Å². The summed E-state index contributed by atoms with van der Waals surface area (Å²) in [5.41, 5.74) is 1.25. The van der Waals surface area contributed by atoms with Gasteiger partial charge in [-0.15, -0.1) is 0 Å². The number of rotatable bonds is 11. The zero-order valence-corrected chi connectivity index (χ0v) is 12.9. The van der Waals surface area contributed by atoms with Crippen LogP contribution >= 0.6 is 0 Å². The van der Waals surface area contributed by atoms with Crippen LogP contribution in [-0.4, -0.2) is 24.4 Å². The fraction of sp³-hybridized carbons (Fsp3) is 0.647. The van der Waals surface area contributed by atoms with E-state index in [0.29, 0.717) is 0 Å². The van der Waals surface area contributed by atoms with Crippen molar-refractivity contribution in [2.45, 2.75) is 58.6 Å². The maximum Gasteiger partial charge on any atom is 0.119 e. The zero-order valence-electron chi connectivity index (χ0n) is 12.9. The zero-order chi connectivity index (χ0) is 14.6. The lowest BCUT2D eigenvalue weighted by Crippen LogP contribution is -2.19. The summed E-state index contributed by atoms with van der Waals surface area (Å²) >= 11 is 0. The SMILES string of the molecule is CCCCCOc1ccc(CNCCC(O)CC)cc1. The van der Waals surface area contributed by atoms with Crippen LogP contribution in [0.2, 0.25) is 0 Å². The summed E-state index contributed by atoms with van der Waals surface area (Å²) in [5.74, 6) is 0.950. The average molecular weight is 279 g/mol. The van der Waals surface area contributed by atoms with Gasteiger partial charge in [0.25, 0.3) is 0 Å². The smallest absolute Gasteiger partial charge is 0.119 e. The highest BCUT2D eigenvalue weighted by Gasteiger charge is 2.00. The topological polar surface area (TPSA) is 41.5 Å². The van der Waals surface area contributed by atoms with Crippen molar-refractivity contribution >= 4 is 0 Å². The monoisotopic (exact) mass is 279 g/mol. The Morgan fingerprint density at radius 2 is 1.90 bits per heavy atom. The molecule has 114 valence electrons. The molecule has 0 heterocycles. The van der Waals surface area contributed by atoms with Gasteiger partial charge in [-0.2, -0.15) is 0 Å². The van der Waals surface area contributed by atoms with Gasteiger partial charge in [-0.25, -0.2) is 0 Å². The van der Waals surface area contributed by atoms with Gasteiger partial charge in [-0.05, 0) is 43.5 Å². The molecule has 2 N–H and O–H groups in total. The Morgan fingerprint density at radius 3 is 2.55 bits per heavy atom. The van der Waals surface area contributed by atoms with Gasteiger partial charge in [-0.1, -0.05) is 38.8 Å². The van der Waals surface area contributed by atoms with Gasteiger partial charge >= 0.3 is 0 Å². The van der Waals surface area contributed by atoms with E-state index in [0.717, 1.165) is 44.7 Å². The molecule has 0 spiro atoms. The fourth-order valence-corrected chi connectivity index (χ4v) is 1.95. The summed E-state index contributed by atoms with van der Waals surface area (Å²) in [5, 5.41) is 12.8. The van der Waals surface area contributed by atoms with Crippen LogP contribution in [0.3, 0.4) is 0 Å². The van der Waals surface area contributed by atoms with E-state index in [-0.39, 0.29) is 6.10 Å². The van der Waals surface area contributed by atoms with Crippen LogP contribution in [0.15, 0.2) is 24.3 Å². The maximum absolute atomic E-state index is 9.46. The van der Waals surface area contributed by atoms with E-state index >= 15 is 0 Å². The van der Waals surface area contributed by atoms with E-state index in [1.165, 1.54) is 18.4 Å². The molecular formula is C17H29NO2. The third kappa shape index (κ3) is 7.51. The van der Waals surface area contributed by atoms with Crippen molar-refractivity contribution in [3.05, 3.63) is 29.8 Å². The largest absolute Gasteiger partial charge is 0.494 e. The summed E-state index contributed by atoms with van der Waals surface area (Å²) in [6.45, 7) is 6.70. The quantitative estimate of drug-likeness (QED) is 0.609. The molecule has 3 heteroatoms. The molecule has 0 radical (unpaired) electrons. The molecule has 20 heavy (non-hydrogen) atoms. The molecule has 0 aliphatic rings. The number of aliphatic hydroxyl groups is 1. The van der Waals surface area contributed by atoms with E-state index in [2.05, 4.69) is 24.4 Å². The van der Waals surface area contributed by atoms with Crippen molar-refractivity contribution < 1.29 is 9.84 Å². The lowest BCUT2D eigenvalue weighted by Gasteiger charge is -2.10. The Labute approximate surface area is 123 Å². The molecule has 1 rings (SSSR count). The first-order valence-electron chi connectivity index (χ1n) is 7.86. The minimum Gasteiger partial charge on any atom is -0.494 e. The molecule has 1 aromatic carbocycles. The second-order valence-corrected chi connectivity index (χ2v) is 5.23. The summed E-state index contributed by atoms with van der Waals surface area (Å²) in [6.07, 6.45) is 5.04. The molecule has 0 amide bonds. The summed E-state index contributed by atoms with van der Waals surface area (Å²) in [4.78, 5) is 0. The van der Waals surface area contributed by atoms with Crippen molar-refractivity contribution in [3.63, 3.8) is 0 Å². The normalized spacial score (nSPS) is 12.3. The van der Waals surface area contributed by atoms with Crippen LogP contribution in [0.25, 0.3) is 0 Å². The first-order chi connectivity index (χ1) is 9.76. The number of unbranched alkanes of at least 4 members (excludes halogenated alkanes) is 2. The lowest BCUT2D eigenvalue weighted by molar-refractivity contribution is 0.159. The third-order valence-electron chi connectivity index (χ3n) is 3.39. The molecule has 0 aliphatic heterocycles. The molecular weight excluding hydrogens is 250 g/mol. The molecule has 1 aromatic rings. The molecule has 0 aliphatic carbocycles. The summed E-state index contributed by atoms with van der Waals surface area (Å²) in [6, 6.07) is 8.25. The molecule has 0 bridgehead atoms. The first-order valence-corrected chi connectivity index (χ1v) is 7.86. The van der Waals surface area contributed by atoms with Crippen LogP contribution in [0.5, 0.6) is 5.75 Å². The van der Waals surface area contributed by atoms with Gasteiger partial charge in [0, 0.05) is 6.54 Å². The summed E-state index contributed by atoms with van der Waals surface area (Å²) < 4.78 is 5.68. The molecule has 0 aromatic heterocycles. The Balaban J connectivity index is 2.18.